The predicted octanol–water partition coefficient (Wildman–Crippen LogP) is 5.50. The fourth-order valence-corrected chi connectivity index (χ4v) is 3.17. The molecule has 0 radical (unpaired) electrons. The summed E-state index contributed by atoms with van der Waals surface area (Å²) in [5.74, 6) is 2.92. The van der Waals surface area contributed by atoms with Gasteiger partial charge in [0.2, 0.25) is 0 Å². The number of benzene rings is 2. The Balaban J connectivity index is 2.44. The molecule has 0 bridgehead atoms. The summed E-state index contributed by atoms with van der Waals surface area (Å²) < 4.78 is 10.8. The summed E-state index contributed by atoms with van der Waals surface area (Å²) in [6.07, 6.45) is 1.12. The second-order valence-electron chi connectivity index (χ2n) is 6.64. The number of hydrogen-bond donors (Lipinski definition) is 0. The van der Waals surface area contributed by atoms with Crippen LogP contribution < -0.4 is 9.47 Å². The van der Waals surface area contributed by atoms with E-state index < -0.39 is 0 Å². The lowest BCUT2D eigenvalue weighted by molar-refractivity contribution is 0.411. The fraction of sp³-hybridized carbons (Fsp3) is 0.429. The molecule has 0 atom stereocenters. The van der Waals surface area contributed by atoms with E-state index >= 15 is 0 Å². The van der Waals surface area contributed by atoms with E-state index in [-0.39, 0.29) is 0 Å². The van der Waals surface area contributed by atoms with Gasteiger partial charge in [-0.05, 0) is 60.6 Å². The normalized spacial score (nSPS) is 11.1. The maximum absolute atomic E-state index is 5.40. The van der Waals surface area contributed by atoms with Crippen molar-refractivity contribution in [1.82, 2.24) is 0 Å². The molecule has 0 heterocycles. The molecule has 0 aliphatic rings. The van der Waals surface area contributed by atoms with Crippen LogP contribution in [0.15, 0.2) is 36.4 Å². The minimum absolute atomic E-state index is 0.393. The Bertz CT molecular complexity index is 605. The van der Waals surface area contributed by atoms with Gasteiger partial charge in [-0.15, -0.1) is 0 Å². The number of hydrogen-bond acceptors (Lipinski definition) is 2. The molecule has 2 nitrogen and oxygen atoms in total. The lowest BCUT2D eigenvalue weighted by Gasteiger charge is -2.22. The molecule has 0 aliphatic carbocycles. The summed E-state index contributed by atoms with van der Waals surface area (Å²) in [6.45, 7) is 8.77. The van der Waals surface area contributed by atoms with E-state index in [1.54, 1.807) is 14.2 Å². The van der Waals surface area contributed by atoms with Crippen LogP contribution in [0.5, 0.6) is 11.5 Å². The molecule has 2 heteroatoms. The Morgan fingerprint density at radius 3 is 1.52 bits per heavy atom. The Kier molecular flexibility index (Phi) is 5.70. The smallest absolute Gasteiger partial charge is 0.121 e. The SMILES string of the molecule is COc1ccc(C(CC(C)C)c2ccc(OC)c(C)c2)cc1C. The highest BCUT2D eigenvalue weighted by Crippen LogP contribution is 2.35. The summed E-state index contributed by atoms with van der Waals surface area (Å²) in [6, 6.07) is 13.1. The number of rotatable bonds is 6. The van der Waals surface area contributed by atoms with Crippen molar-refractivity contribution >= 4 is 0 Å². The van der Waals surface area contributed by atoms with Crippen LogP contribution in [-0.4, -0.2) is 14.2 Å². The Morgan fingerprint density at radius 2 is 1.22 bits per heavy atom. The van der Waals surface area contributed by atoms with E-state index in [0.29, 0.717) is 11.8 Å². The third-order valence-electron chi connectivity index (χ3n) is 4.35. The zero-order valence-electron chi connectivity index (χ0n) is 15.1. The number of methoxy groups -OCH3 is 2. The van der Waals surface area contributed by atoms with Crippen molar-refractivity contribution in [1.29, 1.82) is 0 Å². The lowest BCUT2D eigenvalue weighted by atomic mass is 9.83. The number of ether oxygens (including phenoxy) is 2. The molecule has 2 aromatic carbocycles. The van der Waals surface area contributed by atoms with E-state index in [2.05, 4.69) is 64.1 Å². The number of aryl methyl sites for hydroxylation is 2. The highest BCUT2D eigenvalue weighted by atomic mass is 16.5. The average molecular weight is 312 g/mol. The van der Waals surface area contributed by atoms with Gasteiger partial charge >= 0.3 is 0 Å². The quantitative estimate of drug-likeness (QED) is 0.701. The first kappa shape index (κ1) is 17.4. The molecule has 0 spiro atoms. The van der Waals surface area contributed by atoms with E-state index in [4.69, 9.17) is 9.47 Å². The van der Waals surface area contributed by atoms with Gasteiger partial charge < -0.3 is 9.47 Å². The Hall–Kier alpha value is -1.96. The first-order valence-corrected chi connectivity index (χ1v) is 8.25. The van der Waals surface area contributed by atoms with Crippen LogP contribution in [0.4, 0.5) is 0 Å². The molecule has 23 heavy (non-hydrogen) atoms. The Morgan fingerprint density at radius 1 is 0.783 bits per heavy atom. The highest BCUT2D eigenvalue weighted by Gasteiger charge is 2.18. The zero-order valence-corrected chi connectivity index (χ0v) is 15.1. The topological polar surface area (TPSA) is 18.5 Å². The second-order valence-corrected chi connectivity index (χ2v) is 6.64. The van der Waals surface area contributed by atoms with Gasteiger partial charge in [-0.3, -0.25) is 0 Å². The summed E-state index contributed by atoms with van der Waals surface area (Å²) in [5.41, 5.74) is 5.07. The molecule has 0 N–H and O–H groups in total. The van der Waals surface area contributed by atoms with Gasteiger partial charge in [-0.1, -0.05) is 38.1 Å². The molecule has 0 unspecified atom stereocenters. The van der Waals surface area contributed by atoms with Crippen molar-refractivity contribution in [3.63, 3.8) is 0 Å². The van der Waals surface area contributed by atoms with Gasteiger partial charge in [0, 0.05) is 5.92 Å². The first-order valence-electron chi connectivity index (χ1n) is 8.25. The lowest BCUT2D eigenvalue weighted by Crippen LogP contribution is -2.06. The van der Waals surface area contributed by atoms with E-state index in [1.165, 1.54) is 22.3 Å². The van der Waals surface area contributed by atoms with Crippen LogP contribution in [0.2, 0.25) is 0 Å². The third kappa shape index (κ3) is 4.07. The first-order chi connectivity index (χ1) is 11.0. The average Bonchev–Trinajstić information content (AvgIpc) is 2.52. The standard InChI is InChI=1S/C21H28O2/c1-14(2)11-19(17-7-9-20(22-5)15(3)12-17)18-8-10-21(23-6)16(4)13-18/h7-10,12-14,19H,11H2,1-6H3. The zero-order chi connectivity index (χ0) is 17.0. The maximum Gasteiger partial charge on any atom is 0.121 e. The van der Waals surface area contributed by atoms with Gasteiger partial charge in [0.05, 0.1) is 14.2 Å². The molecule has 0 saturated carbocycles. The van der Waals surface area contributed by atoms with Crippen molar-refractivity contribution < 1.29 is 9.47 Å². The molecule has 0 fully saturated rings. The highest BCUT2D eigenvalue weighted by molar-refractivity contribution is 5.44. The molecule has 0 aliphatic heterocycles. The van der Waals surface area contributed by atoms with Gasteiger partial charge in [0.15, 0.2) is 0 Å². The van der Waals surface area contributed by atoms with Gasteiger partial charge in [-0.2, -0.15) is 0 Å². The predicted molar refractivity (Wildman–Crippen MR) is 96.8 cm³/mol. The molecule has 124 valence electrons. The summed E-state index contributed by atoms with van der Waals surface area (Å²) in [5, 5.41) is 0. The molecular formula is C21H28O2. The molecule has 0 amide bonds. The summed E-state index contributed by atoms with van der Waals surface area (Å²) >= 11 is 0. The van der Waals surface area contributed by atoms with Crippen LogP contribution in [0.3, 0.4) is 0 Å². The van der Waals surface area contributed by atoms with Crippen molar-refractivity contribution in [2.24, 2.45) is 5.92 Å². The minimum atomic E-state index is 0.393. The molecule has 0 aromatic heterocycles. The van der Waals surface area contributed by atoms with Gasteiger partial charge in [0.25, 0.3) is 0 Å². The monoisotopic (exact) mass is 312 g/mol. The van der Waals surface area contributed by atoms with Crippen LogP contribution in [0, 0.1) is 19.8 Å². The molecular weight excluding hydrogens is 284 g/mol. The third-order valence-corrected chi connectivity index (χ3v) is 4.35. The Labute approximate surface area is 140 Å². The summed E-state index contributed by atoms with van der Waals surface area (Å²) in [7, 11) is 3.45. The second kappa shape index (κ2) is 7.54. The largest absolute Gasteiger partial charge is 0.496 e. The van der Waals surface area contributed by atoms with Crippen molar-refractivity contribution in [2.75, 3.05) is 14.2 Å². The minimum Gasteiger partial charge on any atom is -0.496 e. The van der Waals surface area contributed by atoms with Crippen LogP contribution in [0.1, 0.15) is 48.4 Å². The van der Waals surface area contributed by atoms with Gasteiger partial charge in [-0.25, -0.2) is 0 Å². The molecule has 2 aromatic rings. The molecule has 0 saturated heterocycles. The van der Waals surface area contributed by atoms with Crippen LogP contribution in [-0.2, 0) is 0 Å². The fourth-order valence-electron chi connectivity index (χ4n) is 3.17. The van der Waals surface area contributed by atoms with E-state index in [0.717, 1.165) is 17.9 Å². The van der Waals surface area contributed by atoms with E-state index in [9.17, 15) is 0 Å². The van der Waals surface area contributed by atoms with Crippen molar-refractivity contribution in [3.05, 3.63) is 58.7 Å². The van der Waals surface area contributed by atoms with Crippen molar-refractivity contribution in [2.45, 2.75) is 40.0 Å². The van der Waals surface area contributed by atoms with Crippen LogP contribution >= 0.6 is 0 Å². The van der Waals surface area contributed by atoms with Crippen molar-refractivity contribution in [3.8, 4) is 11.5 Å². The maximum atomic E-state index is 5.40. The van der Waals surface area contributed by atoms with Crippen LogP contribution in [0.25, 0.3) is 0 Å². The molecule has 2 rings (SSSR count). The summed E-state index contributed by atoms with van der Waals surface area (Å²) in [4.78, 5) is 0. The van der Waals surface area contributed by atoms with E-state index in [1.807, 2.05) is 0 Å². The van der Waals surface area contributed by atoms with Gasteiger partial charge in [0.1, 0.15) is 11.5 Å².